The summed E-state index contributed by atoms with van der Waals surface area (Å²) in [5.74, 6) is 0. The second kappa shape index (κ2) is 7.19. The van der Waals surface area contributed by atoms with Gasteiger partial charge in [-0.05, 0) is 44.0 Å². The first kappa shape index (κ1) is 18.1. The van der Waals surface area contributed by atoms with Crippen molar-refractivity contribution in [2.24, 2.45) is 0 Å². The van der Waals surface area contributed by atoms with E-state index in [4.69, 9.17) is 14.7 Å². The summed E-state index contributed by atoms with van der Waals surface area (Å²) in [6, 6.07) is 6.84. The number of ether oxygens (including phenoxy) is 1. The van der Waals surface area contributed by atoms with Crippen molar-refractivity contribution in [3.63, 3.8) is 0 Å². The van der Waals surface area contributed by atoms with Gasteiger partial charge in [0.25, 0.3) is 5.19 Å². The minimum Gasteiger partial charge on any atom is -0.467 e. The largest absolute Gasteiger partial charge is 0.467 e. The fraction of sp³-hybridized carbons (Fsp3) is 0.286. The average molecular weight is 437 g/mol. The van der Waals surface area contributed by atoms with Gasteiger partial charge >= 0.3 is 0 Å². The van der Waals surface area contributed by atoms with Crippen molar-refractivity contribution < 1.29 is 4.74 Å². The van der Waals surface area contributed by atoms with E-state index in [1.165, 1.54) is 11.3 Å². The van der Waals surface area contributed by atoms with Crippen LogP contribution in [0.2, 0.25) is 0 Å². The molecule has 0 aliphatic carbocycles. The second-order valence-corrected chi connectivity index (χ2v) is 9.56. The van der Waals surface area contributed by atoms with Gasteiger partial charge in [0, 0.05) is 34.9 Å². The lowest BCUT2D eigenvalue weighted by molar-refractivity contribution is 0.144. The topological polar surface area (TPSA) is 91.5 Å². The molecule has 0 saturated carbocycles. The maximum absolute atomic E-state index is 6.15. The number of hydrogen-bond donors (Lipinski definition) is 3. The van der Waals surface area contributed by atoms with Gasteiger partial charge in [-0.2, -0.15) is 10.1 Å². The predicted octanol–water partition coefficient (Wildman–Crippen LogP) is 4.81. The average Bonchev–Trinajstić information content (AvgIpc) is 3.50. The summed E-state index contributed by atoms with van der Waals surface area (Å²) in [4.78, 5) is 14.8. The van der Waals surface area contributed by atoms with Gasteiger partial charge in [0.05, 0.1) is 11.7 Å². The third-order valence-corrected chi connectivity index (χ3v) is 7.51. The Labute approximate surface area is 180 Å². The highest BCUT2D eigenvalue weighted by molar-refractivity contribution is 7.28. The van der Waals surface area contributed by atoms with E-state index < -0.39 is 0 Å². The summed E-state index contributed by atoms with van der Waals surface area (Å²) in [5, 5.41) is 13.3. The molecule has 1 fully saturated rings. The molecule has 0 bridgehead atoms. The van der Waals surface area contributed by atoms with Crippen LogP contribution in [0, 0.1) is 0 Å². The van der Waals surface area contributed by atoms with E-state index in [0.717, 1.165) is 66.8 Å². The van der Waals surface area contributed by atoms with E-state index >= 15 is 0 Å². The normalized spacial score (nSPS) is 19.6. The number of H-pyrrole nitrogens is 2. The van der Waals surface area contributed by atoms with Crippen LogP contribution in [0.1, 0.15) is 19.8 Å². The second-order valence-electron chi connectivity index (χ2n) is 7.64. The van der Waals surface area contributed by atoms with Crippen LogP contribution in [0.5, 0.6) is 5.19 Å². The number of fused-ring (bicyclic) bond motifs is 2. The Morgan fingerprint density at radius 3 is 2.83 bits per heavy atom. The highest BCUT2D eigenvalue weighted by Gasteiger charge is 2.22. The van der Waals surface area contributed by atoms with Crippen LogP contribution in [-0.2, 0) is 0 Å². The lowest BCUT2D eigenvalue weighted by Gasteiger charge is -2.27. The van der Waals surface area contributed by atoms with Gasteiger partial charge in [-0.3, -0.25) is 5.10 Å². The maximum atomic E-state index is 6.15. The zero-order chi connectivity index (χ0) is 20.1. The highest BCUT2D eigenvalue weighted by Crippen LogP contribution is 2.40. The summed E-state index contributed by atoms with van der Waals surface area (Å²) in [6.07, 6.45) is 7.99. The van der Waals surface area contributed by atoms with Crippen LogP contribution >= 0.6 is 22.7 Å². The third kappa shape index (κ3) is 3.10. The fourth-order valence-corrected chi connectivity index (χ4v) is 6.09. The van der Waals surface area contributed by atoms with Gasteiger partial charge < -0.3 is 15.0 Å². The first-order valence-corrected chi connectivity index (χ1v) is 11.6. The van der Waals surface area contributed by atoms with Crippen molar-refractivity contribution in [2.45, 2.75) is 31.9 Å². The van der Waals surface area contributed by atoms with Crippen molar-refractivity contribution in [2.75, 3.05) is 6.54 Å². The molecule has 9 heteroatoms. The van der Waals surface area contributed by atoms with E-state index in [-0.39, 0.29) is 6.10 Å². The van der Waals surface area contributed by atoms with E-state index in [0.29, 0.717) is 6.04 Å². The van der Waals surface area contributed by atoms with Crippen LogP contribution in [0.15, 0.2) is 36.8 Å². The van der Waals surface area contributed by atoms with Gasteiger partial charge in [-0.1, -0.05) is 28.7 Å². The Kier molecular flexibility index (Phi) is 4.33. The Hall–Kier alpha value is -2.75. The SMILES string of the molecule is C[C@@H]1C[C@@H](Oc2nc3sc(-c4ccc(-c5cn[nH]c5)c5cc[nH]c45)nc3s2)CCN1. The number of aromatic amines is 2. The molecule has 1 aliphatic rings. The van der Waals surface area contributed by atoms with Gasteiger partial charge in [0.15, 0.2) is 9.66 Å². The number of benzene rings is 1. The van der Waals surface area contributed by atoms with Gasteiger partial charge in [0.2, 0.25) is 0 Å². The van der Waals surface area contributed by atoms with Crippen molar-refractivity contribution in [3.8, 4) is 26.9 Å². The van der Waals surface area contributed by atoms with Gasteiger partial charge in [0.1, 0.15) is 11.1 Å². The van der Waals surface area contributed by atoms with Crippen molar-refractivity contribution in [3.05, 3.63) is 36.8 Å². The van der Waals surface area contributed by atoms with Crippen molar-refractivity contribution >= 4 is 43.2 Å². The molecule has 0 spiro atoms. The lowest BCUT2D eigenvalue weighted by Crippen LogP contribution is -2.40. The zero-order valence-electron chi connectivity index (χ0n) is 16.3. The molecule has 0 radical (unpaired) electrons. The molecular weight excluding hydrogens is 416 g/mol. The van der Waals surface area contributed by atoms with Gasteiger partial charge in [-0.25, -0.2) is 4.98 Å². The molecule has 0 amide bonds. The maximum Gasteiger partial charge on any atom is 0.276 e. The van der Waals surface area contributed by atoms with E-state index in [1.54, 1.807) is 11.3 Å². The summed E-state index contributed by atoms with van der Waals surface area (Å²) in [5.41, 5.74) is 4.39. The number of nitrogens with zero attached hydrogens (tertiary/aromatic N) is 3. The molecular formula is C21H20N6OS2. The third-order valence-electron chi connectivity index (χ3n) is 5.56. The summed E-state index contributed by atoms with van der Waals surface area (Å²) < 4.78 is 6.15. The molecule has 1 aliphatic heterocycles. The molecule has 152 valence electrons. The number of thiazole rings is 2. The standard InChI is InChI=1S/C21H20N6OS2/c1-11-8-13(4-6-22-11)28-21-27-20-19(30-21)26-18(29-20)16-3-2-14(12-9-24-25-10-12)15-5-7-23-17(15)16/h2-3,5,7,9-11,13,22-23H,4,6,8H2,1H3,(H,24,25)/t11-,13+/m1/s1. The molecule has 0 unspecified atom stereocenters. The van der Waals surface area contributed by atoms with E-state index in [9.17, 15) is 0 Å². The van der Waals surface area contributed by atoms with Crippen molar-refractivity contribution in [1.82, 2.24) is 30.5 Å². The molecule has 4 aromatic heterocycles. The zero-order valence-corrected chi connectivity index (χ0v) is 17.9. The van der Waals surface area contributed by atoms with Crippen LogP contribution in [-0.4, -0.2) is 43.8 Å². The summed E-state index contributed by atoms with van der Waals surface area (Å²) >= 11 is 3.15. The quantitative estimate of drug-likeness (QED) is 0.376. The molecule has 5 aromatic rings. The number of nitrogens with one attached hydrogen (secondary N) is 3. The summed E-state index contributed by atoms with van der Waals surface area (Å²) in [7, 11) is 0. The van der Waals surface area contributed by atoms with Crippen LogP contribution in [0.25, 0.3) is 42.3 Å². The van der Waals surface area contributed by atoms with E-state index in [1.807, 2.05) is 18.6 Å². The van der Waals surface area contributed by atoms with Crippen molar-refractivity contribution in [1.29, 1.82) is 0 Å². The highest BCUT2D eigenvalue weighted by atomic mass is 32.1. The minimum absolute atomic E-state index is 0.231. The first-order valence-electron chi connectivity index (χ1n) is 10.0. The monoisotopic (exact) mass is 436 g/mol. The Balaban J connectivity index is 1.33. The molecule has 1 saturated heterocycles. The number of hydrogen-bond acceptors (Lipinski definition) is 7. The molecule has 2 atom stereocenters. The molecule has 3 N–H and O–H groups in total. The number of aromatic nitrogens is 5. The lowest BCUT2D eigenvalue weighted by atomic mass is 10.0. The predicted molar refractivity (Wildman–Crippen MR) is 121 cm³/mol. The van der Waals surface area contributed by atoms with Crippen LogP contribution < -0.4 is 10.1 Å². The molecule has 30 heavy (non-hydrogen) atoms. The number of piperidine rings is 1. The molecule has 6 rings (SSSR count). The minimum atomic E-state index is 0.231. The number of rotatable bonds is 4. The smallest absolute Gasteiger partial charge is 0.276 e. The Morgan fingerprint density at radius 2 is 2.00 bits per heavy atom. The summed E-state index contributed by atoms with van der Waals surface area (Å²) in [6.45, 7) is 3.19. The molecule has 7 nitrogen and oxygen atoms in total. The fourth-order valence-electron chi connectivity index (χ4n) is 4.11. The van der Waals surface area contributed by atoms with Crippen LogP contribution in [0.3, 0.4) is 0 Å². The Bertz CT molecular complexity index is 1290. The molecule has 5 heterocycles. The van der Waals surface area contributed by atoms with Gasteiger partial charge in [-0.15, -0.1) is 0 Å². The van der Waals surface area contributed by atoms with E-state index in [2.05, 4.69) is 45.6 Å². The van der Waals surface area contributed by atoms with Crippen LogP contribution in [0.4, 0.5) is 0 Å². The Morgan fingerprint density at radius 1 is 1.10 bits per heavy atom. The molecule has 1 aromatic carbocycles. The first-order chi connectivity index (χ1) is 14.7.